The average molecular weight is 262 g/mol. The summed E-state index contributed by atoms with van der Waals surface area (Å²) in [5, 5.41) is 0. The highest BCUT2D eigenvalue weighted by molar-refractivity contribution is 5.53. The molecule has 2 aliphatic rings. The molecular weight excluding hydrogens is 240 g/mol. The van der Waals surface area contributed by atoms with Crippen molar-refractivity contribution >= 4 is 5.69 Å². The van der Waals surface area contributed by atoms with Crippen LogP contribution in [-0.2, 0) is 17.9 Å². The molecular formula is C15H22N2O2. The summed E-state index contributed by atoms with van der Waals surface area (Å²) < 4.78 is 11.0. The smallest absolute Gasteiger partial charge is 0.189 e. The number of nitrogens with two attached hydrogens (primary N) is 1. The Morgan fingerprint density at radius 3 is 2.95 bits per heavy atom. The molecule has 1 aliphatic carbocycles. The molecule has 0 amide bonds. The predicted molar refractivity (Wildman–Crippen MR) is 74.9 cm³/mol. The standard InChI is InChI=1S/C15H22N2O2/c1-2-5-17(14-3-4-14)8-11-6-13(16)7-12-9-18-10-19-15(11)12/h6-7,14H,2-5,8-10,16H2,1H3. The van der Waals surface area contributed by atoms with Crippen molar-refractivity contribution < 1.29 is 9.47 Å². The third-order valence-electron chi connectivity index (χ3n) is 3.76. The molecule has 1 saturated carbocycles. The van der Waals surface area contributed by atoms with Crippen LogP contribution in [0.2, 0.25) is 0 Å². The van der Waals surface area contributed by atoms with Crippen LogP contribution in [0, 0.1) is 0 Å². The number of nitrogens with zero attached hydrogens (tertiary/aromatic N) is 1. The van der Waals surface area contributed by atoms with Gasteiger partial charge in [-0.25, -0.2) is 0 Å². The molecule has 0 unspecified atom stereocenters. The largest absolute Gasteiger partial charge is 0.467 e. The molecule has 1 fully saturated rings. The summed E-state index contributed by atoms with van der Waals surface area (Å²) in [5.74, 6) is 0.988. The van der Waals surface area contributed by atoms with Crippen LogP contribution in [-0.4, -0.2) is 24.3 Å². The van der Waals surface area contributed by atoms with Crippen LogP contribution in [0.25, 0.3) is 0 Å². The SMILES string of the molecule is CCCN(Cc1cc(N)cc2c1OCOC2)C1CC1. The number of benzene rings is 1. The Labute approximate surface area is 114 Å². The molecule has 1 aromatic carbocycles. The van der Waals surface area contributed by atoms with Crippen LogP contribution in [0.1, 0.15) is 37.3 Å². The molecule has 1 aliphatic heterocycles. The fourth-order valence-corrected chi connectivity index (χ4v) is 2.78. The zero-order valence-corrected chi connectivity index (χ0v) is 11.5. The quantitative estimate of drug-likeness (QED) is 0.828. The summed E-state index contributed by atoms with van der Waals surface area (Å²) in [6.45, 7) is 5.26. The van der Waals surface area contributed by atoms with E-state index < -0.39 is 0 Å². The number of nitrogen functional groups attached to an aromatic ring is 1. The summed E-state index contributed by atoms with van der Waals surface area (Å²) in [6.07, 6.45) is 3.84. The Morgan fingerprint density at radius 1 is 1.37 bits per heavy atom. The monoisotopic (exact) mass is 262 g/mol. The van der Waals surface area contributed by atoms with Gasteiger partial charge in [-0.05, 0) is 37.9 Å². The van der Waals surface area contributed by atoms with E-state index in [1.807, 2.05) is 6.07 Å². The van der Waals surface area contributed by atoms with Crippen LogP contribution < -0.4 is 10.5 Å². The molecule has 0 radical (unpaired) electrons. The van der Waals surface area contributed by atoms with Crippen LogP contribution >= 0.6 is 0 Å². The van der Waals surface area contributed by atoms with E-state index in [4.69, 9.17) is 15.2 Å². The van der Waals surface area contributed by atoms with Crippen molar-refractivity contribution in [3.05, 3.63) is 23.3 Å². The molecule has 0 spiro atoms. The number of rotatable bonds is 5. The lowest BCUT2D eigenvalue weighted by Gasteiger charge is -2.26. The Hall–Kier alpha value is -1.26. The maximum absolute atomic E-state index is 5.99. The lowest BCUT2D eigenvalue weighted by atomic mass is 10.1. The fourth-order valence-electron chi connectivity index (χ4n) is 2.78. The lowest BCUT2D eigenvalue weighted by Crippen LogP contribution is -2.27. The van der Waals surface area contributed by atoms with Crippen molar-refractivity contribution in [1.82, 2.24) is 4.90 Å². The van der Waals surface area contributed by atoms with Gasteiger partial charge in [-0.2, -0.15) is 0 Å². The van der Waals surface area contributed by atoms with Crippen LogP contribution in [0.4, 0.5) is 5.69 Å². The van der Waals surface area contributed by atoms with E-state index in [9.17, 15) is 0 Å². The second-order valence-corrected chi connectivity index (χ2v) is 5.48. The molecule has 1 heterocycles. The summed E-state index contributed by atoms with van der Waals surface area (Å²) in [4.78, 5) is 2.55. The summed E-state index contributed by atoms with van der Waals surface area (Å²) in [6, 6.07) is 4.77. The number of anilines is 1. The van der Waals surface area contributed by atoms with E-state index in [0.29, 0.717) is 13.4 Å². The zero-order valence-electron chi connectivity index (χ0n) is 11.5. The van der Waals surface area contributed by atoms with Gasteiger partial charge in [0, 0.05) is 29.4 Å². The lowest BCUT2D eigenvalue weighted by molar-refractivity contribution is -0.0174. The van der Waals surface area contributed by atoms with Crippen molar-refractivity contribution in [1.29, 1.82) is 0 Å². The Kier molecular flexibility index (Phi) is 3.62. The number of hydrogen-bond acceptors (Lipinski definition) is 4. The van der Waals surface area contributed by atoms with Gasteiger partial charge in [0.25, 0.3) is 0 Å². The minimum Gasteiger partial charge on any atom is -0.467 e. The van der Waals surface area contributed by atoms with Gasteiger partial charge in [0.15, 0.2) is 6.79 Å². The van der Waals surface area contributed by atoms with Gasteiger partial charge >= 0.3 is 0 Å². The number of ether oxygens (including phenoxy) is 2. The second-order valence-electron chi connectivity index (χ2n) is 5.48. The molecule has 2 N–H and O–H groups in total. The van der Waals surface area contributed by atoms with Crippen LogP contribution in [0.3, 0.4) is 0 Å². The highest BCUT2D eigenvalue weighted by Crippen LogP contribution is 2.34. The van der Waals surface area contributed by atoms with Crippen molar-refractivity contribution in [3.63, 3.8) is 0 Å². The molecule has 0 bridgehead atoms. The van der Waals surface area contributed by atoms with Gasteiger partial charge < -0.3 is 15.2 Å². The number of fused-ring (bicyclic) bond motifs is 1. The van der Waals surface area contributed by atoms with Crippen LogP contribution in [0.15, 0.2) is 12.1 Å². The summed E-state index contributed by atoms with van der Waals surface area (Å²) >= 11 is 0. The van der Waals surface area contributed by atoms with E-state index in [0.717, 1.165) is 36.1 Å². The first-order valence-corrected chi connectivity index (χ1v) is 7.13. The molecule has 4 nitrogen and oxygen atoms in total. The molecule has 1 aromatic rings. The van der Waals surface area contributed by atoms with Crippen molar-refractivity contribution in [2.75, 3.05) is 19.1 Å². The third kappa shape index (κ3) is 2.85. The normalized spacial score (nSPS) is 18.2. The second kappa shape index (κ2) is 5.39. The molecule has 4 heteroatoms. The number of hydrogen-bond donors (Lipinski definition) is 1. The molecule has 3 rings (SSSR count). The Morgan fingerprint density at radius 2 is 2.21 bits per heavy atom. The molecule has 19 heavy (non-hydrogen) atoms. The van der Waals surface area contributed by atoms with Gasteiger partial charge in [0.2, 0.25) is 0 Å². The minimum absolute atomic E-state index is 0.348. The fraction of sp³-hybridized carbons (Fsp3) is 0.600. The van der Waals surface area contributed by atoms with Gasteiger partial charge in [-0.15, -0.1) is 0 Å². The molecule has 104 valence electrons. The maximum Gasteiger partial charge on any atom is 0.189 e. The van der Waals surface area contributed by atoms with E-state index in [2.05, 4.69) is 17.9 Å². The highest BCUT2D eigenvalue weighted by Gasteiger charge is 2.29. The Balaban J connectivity index is 1.84. The van der Waals surface area contributed by atoms with Crippen LogP contribution in [0.5, 0.6) is 5.75 Å². The van der Waals surface area contributed by atoms with Crippen molar-refractivity contribution in [3.8, 4) is 5.75 Å². The van der Waals surface area contributed by atoms with E-state index >= 15 is 0 Å². The highest BCUT2D eigenvalue weighted by atomic mass is 16.7. The first-order valence-electron chi connectivity index (χ1n) is 7.13. The van der Waals surface area contributed by atoms with Gasteiger partial charge in [0.1, 0.15) is 5.75 Å². The maximum atomic E-state index is 5.99. The van der Waals surface area contributed by atoms with E-state index in [-0.39, 0.29) is 0 Å². The minimum atomic E-state index is 0.348. The van der Waals surface area contributed by atoms with Crippen molar-refractivity contribution in [2.24, 2.45) is 0 Å². The molecule has 0 aromatic heterocycles. The molecule has 0 saturated heterocycles. The summed E-state index contributed by atoms with van der Waals surface area (Å²) in [5.41, 5.74) is 9.08. The van der Waals surface area contributed by atoms with Crippen molar-refractivity contribution in [2.45, 2.75) is 45.4 Å². The first kappa shape index (κ1) is 12.8. The summed E-state index contributed by atoms with van der Waals surface area (Å²) in [7, 11) is 0. The average Bonchev–Trinajstić information content (AvgIpc) is 3.22. The van der Waals surface area contributed by atoms with Gasteiger partial charge in [0.05, 0.1) is 6.61 Å². The van der Waals surface area contributed by atoms with Gasteiger partial charge in [-0.3, -0.25) is 4.90 Å². The predicted octanol–water partition coefficient (Wildman–Crippen LogP) is 2.51. The van der Waals surface area contributed by atoms with E-state index in [1.54, 1.807) is 0 Å². The third-order valence-corrected chi connectivity index (χ3v) is 3.76. The Bertz CT molecular complexity index is 458. The molecule has 0 atom stereocenters. The topological polar surface area (TPSA) is 47.7 Å². The zero-order chi connectivity index (χ0) is 13.2. The van der Waals surface area contributed by atoms with Gasteiger partial charge in [-0.1, -0.05) is 6.92 Å². The first-order chi connectivity index (χ1) is 9.28. The van der Waals surface area contributed by atoms with E-state index in [1.165, 1.54) is 24.8 Å².